The van der Waals surface area contributed by atoms with Crippen LogP contribution in [0.2, 0.25) is 0 Å². The second-order valence-corrected chi connectivity index (χ2v) is 6.89. The molecular weight excluding hydrogens is 296 g/mol. The molecule has 104 valence electrons. The first kappa shape index (κ1) is 13.1. The molecule has 0 atom stereocenters. The van der Waals surface area contributed by atoms with Crippen LogP contribution < -0.4 is 4.72 Å². The quantitative estimate of drug-likeness (QED) is 0.804. The fourth-order valence-electron chi connectivity index (χ4n) is 1.91. The van der Waals surface area contributed by atoms with Gasteiger partial charge in [0.15, 0.2) is 5.13 Å². The molecule has 0 radical (unpaired) electrons. The van der Waals surface area contributed by atoms with E-state index in [0.717, 1.165) is 11.3 Å². The van der Waals surface area contributed by atoms with Crippen molar-refractivity contribution >= 4 is 37.5 Å². The third kappa shape index (κ3) is 2.16. The Morgan fingerprint density at radius 2 is 2.15 bits per heavy atom. The highest BCUT2D eigenvalue weighted by molar-refractivity contribution is 7.93. The first-order valence-corrected chi connectivity index (χ1v) is 8.19. The number of thiazole rings is 1. The van der Waals surface area contributed by atoms with E-state index in [1.165, 1.54) is 11.3 Å². The van der Waals surface area contributed by atoms with Crippen LogP contribution in [0.4, 0.5) is 5.13 Å². The van der Waals surface area contributed by atoms with Crippen LogP contribution in [0, 0.1) is 6.92 Å². The van der Waals surface area contributed by atoms with Crippen molar-refractivity contribution in [1.82, 2.24) is 14.5 Å². The van der Waals surface area contributed by atoms with Gasteiger partial charge < -0.3 is 4.57 Å². The van der Waals surface area contributed by atoms with Crippen molar-refractivity contribution in [2.75, 3.05) is 4.72 Å². The Labute approximate surface area is 120 Å². The minimum Gasteiger partial charge on any atom is -0.331 e. The molecule has 0 amide bonds. The first-order valence-electron chi connectivity index (χ1n) is 5.83. The van der Waals surface area contributed by atoms with Gasteiger partial charge in [0.2, 0.25) is 0 Å². The van der Waals surface area contributed by atoms with Crippen LogP contribution in [-0.2, 0) is 17.1 Å². The van der Waals surface area contributed by atoms with Crippen LogP contribution >= 0.6 is 11.3 Å². The summed E-state index contributed by atoms with van der Waals surface area (Å²) in [5.41, 5.74) is 1.56. The zero-order valence-corrected chi connectivity index (χ0v) is 12.5. The molecule has 0 spiro atoms. The molecule has 0 aliphatic heterocycles. The second kappa shape index (κ2) is 4.57. The fraction of sp³-hybridized carbons (Fsp3) is 0.167. The van der Waals surface area contributed by atoms with Gasteiger partial charge >= 0.3 is 0 Å². The molecule has 0 aliphatic rings. The lowest BCUT2D eigenvalue weighted by atomic mass is 10.3. The van der Waals surface area contributed by atoms with Gasteiger partial charge in [-0.25, -0.2) is 18.4 Å². The number of rotatable bonds is 3. The number of fused-ring (bicyclic) bond motifs is 1. The summed E-state index contributed by atoms with van der Waals surface area (Å²) in [4.78, 5) is 8.44. The van der Waals surface area contributed by atoms with Gasteiger partial charge in [-0.1, -0.05) is 0 Å². The second-order valence-electron chi connectivity index (χ2n) is 4.31. The van der Waals surface area contributed by atoms with Crippen LogP contribution in [0.5, 0.6) is 0 Å². The van der Waals surface area contributed by atoms with E-state index in [-0.39, 0.29) is 4.90 Å². The fourth-order valence-corrected chi connectivity index (χ4v) is 3.72. The number of aryl methyl sites for hydroxylation is 2. The highest BCUT2D eigenvalue weighted by atomic mass is 32.2. The summed E-state index contributed by atoms with van der Waals surface area (Å²) in [6, 6.07) is 4.89. The lowest BCUT2D eigenvalue weighted by molar-refractivity contribution is 0.601. The van der Waals surface area contributed by atoms with Gasteiger partial charge in [0.25, 0.3) is 10.0 Å². The maximum absolute atomic E-state index is 12.3. The smallest absolute Gasteiger partial charge is 0.263 e. The molecule has 1 N–H and O–H groups in total. The molecule has 1 aromatic carbocycles. The Balaban J connectivity index is 2.05. The van der Waals surface area contributed by atoms with E-state index in [2.05, 4.69) is 14.7 Å². The molecule has 0 saturated carbocycles. The zero-order chi connectivity index (χ0) is 14.3. The number of hydrogen-bond acceptors (Lipinski definition) is 5. The molecular formula is C12H12N4O2S2. The van der Waals surface area contributed by atoms with Crippen LogP contribution in [-0.4, -0.2) is 23.0 Å². The van der Waals surface area contributed by atoms with Crippen molar-refractivity contribution in [3.05, 3.63) is 35.6 Å². The molecule has 8 heteroatoms. The predicted molar refractivity (Wildman–Crippen MR) is 78.4 cm³/mol. The molecule has 2 heterocycles. The van der Waals surface area contributed by atoms with Gasteiger partial charge in [0.05, 0.1) is 15.9 Å². The van der Waals surface area contributed by atoms with Crippen molar-refractivity contribution in [2.45, 2.75) is 11.8 Å². The van der Waals surface area contributed by atoms with Gasteiger partial charge in [-0.2, -0.15) is 0 Å². The summed E-state index contributed by atoms with van der Waals surface area (Å²) in [5.74, 6) is 0.836. The molecule has 0 fully saturated rings. The number of hydrogen-bond donors (Lipinski definition) is 1. The largest absolute Gasteiger partial charge is 0.331 e. The average Bonchev–Trinajstić information content (AvgIpc) is 2.98. The molecule has 0 saturated heterocycles. The lowest BCUT2D eigenvalue weighted by Crippen LogP contribution is -2.12. The van der Waals surface area contributed by atoms with Crippen LogP contribution in [0.15, 0.2) is 34.7 Å². The van der Waals surface area contributed by atoms with Crippen LogP contribution in [0.3, 0.4) is 0 Å². The first-order chi connectivity index (χ1) is 9.47. The van der Waals surface area contributed by atoms with Crippen molar-refractivity contribution in [3.8, 4) is 0 Å². The number of anilines is 1. The van der Waals surface area contributed by atoms with E-state index >= 15 is 0 Å². The number of sulfonamides is 1. The van der Waals surface area contributed by atoms with E-state index < -0.39 is 10.0 Å². The van der Waals surface area contributed by atoms with Gasteiger partial charge in [-0.15, -0.1) is 11.3 Å². The van der Waals surface area contributed by atoms with E-state index in [4.69, 9.17) is 0 Å². The van der Waals surface area contributed by atoms with E-state index in [1.54, 1.807) is 29.8 Å². The molecule has 3 rings (SSSR count). The minimum absolute atomic E-state index is 0.179. The summed E-state index contributed by atoms with van der Waals surface area (Å²) in [6.07, 6.45) is 1.55. The number of aromatic nitrogens is 3. The highest BCUT2D eigenvalue weighted by Crippen LogP contribution is 2.22. The van der Waals surface area contributed by atoms with Crippen molar-refractivity contribution in [3.63, 3.8) is 0 Å². The lowest BCUT2D eigenvalue weighted by Gasteiger charge is -2.05. The number of benzene rings is 1. The molecule has 3 aromatic rings. The molecule has 2 aromatic heterocycles. The maximum Gasteiger partial charge on any atom is 0.263 e. The van der Waals surface area contributed by atoms with Crippen molar-refractivity contribution in [2.24, 2.45) is 7.05 Å². The van der Waals surface area contributed by atoms with Gasteiger partial charge in [0.1, 0.15) is 5.82 Å². The summed E-state index contributed by atoms with van der Waals surface area (Å²) >= 11 is 1.23. The molecule has 0 bridgehead atoms. The third-order valence-electron chi connectivity index (χ3n) is 3.04. The Morgan fingerprint density at radius 3 is 2.85 bits per heavy atom. The Kier molecular flexibility index (Phi) is 2.98. The standard InChI is InChI=1S/C12H12N4O2S2/c1-8-14-10-7-9(3-4-11(10)16(8)2)20(17,18)15-12-13-5-6-19-12/h3-7H,1-2H3,(H,13,15). The SMILES string of the molecule is Cc1nc2cc(S(=O)(=O)Nc3nccs3)ccc2n1C. The number of nitrogens with zero attached hydrogens (tertiary/aromatic N) is 3. The normalized spacial score (nSPS) is 11.9. The van der Waals surface area contributed by atoms with E-state index in [0.29, 0.717) is 10.6 Å². The Morgan fingerprint density at radius 1 is 1.35 bits per heavy atom. The van der Waals surface area contributed by atoms with Crippen LogP contribution in [0.1, 0.15) is 5.82 Å². The van der Waals surface area contributed by atoms with Crippen LogP contribution in [0.25, 0.3) is 11.0 Å². The zero-order valence-electron chi connectivity index (χ0n) is 10.9. The summed E-state index contributed by atoms with van der Waals surface area (Å²) in [6.45, 7) is 1.88. The number of nitrogens with one attached hydrogen (secondary N) is 1. The highest BCUT2D eigenvalue weighted by Gasteiger charge is 2.17. The van der Waals surface area contributed by atoms with E-state index in [1.807, 2.05) is 18.5 Å². The van der Waals surface area contributed by atoms with Gasteiger partial charge in [-0.3, -0.25) is 4.72 Å². The Hall–Kier alpha value is -1.93. The van der Waals surface area contributed by atoms with Gasteiger partial charge in [-0.05, 0) is 25.1 Å². The summed E-state index contributed by atoms with van der Waals surface area (Å²) in [5, 5.41) is 2.06. The summed E-state index contributed by atoms with van der Waals surface area (Å²) in [7, 11) is -1.73. The minimum atomic E-state index is -3.63. The topological polar surface area (TPSA) is 76.9 Å². The maximum atomic E-state index is 12.3. The monoisotopic (exact) mass is 308 g/mol. The summed E-state index contributed by atoms with van der Waals surface area (Å²) < 4.78 is 28.9. The molecule has 6 nitrogen and oxygen atoms in total. The average molecular weight is 308 g/mol. The number of imidazole rings is 1. The molecule has 0 unspecified atom stereocenters. The third-order valence-corrected chi connectivity index (χ3v) is 5.19. The molecule has 0 aliphatic carbocycles. The van der Waals surface area contributed by atoms with Crippen molar-refractivity contribution in [1.29, 1.82) is 0 Å². The predicted octanol–water partition coefficient (Wildman–Crippen LogP) is 2.14. The Bertz CT molecular complexity index is 866. The van der Waals surface area contributed by atoms with Crippen molar-refractivity contribution < 1.29 is 8.42 Å². The molecule has 20 heavy (non-hydrogen) atoms. The van der Waals surface area contributed by atoms with Gasteiger partial charge in [0, 0.05) is 18.6 Å². The van der Waals surface area contributed by atoms with E-state index in [9.17, 15) is 8.42 Å².